The van der Waals surface area contributed by atoms with Crippen LogP contribution >= 0.6 is 0 Å². The van der Waals surface area contributed by atoms with Crippen molar-refractivity contribution < 1.29 is 0 Å². The molecule has 0 saturated carbocycles. The van der Waals surface area contributed by atoms with E-state index in [1.54, 1.807) is 0 Å². The minimum Gasteiger partial charge on any atom is -0.330 e. The van der Waals surface area contributed by atoms with Crippen LogP contribution in [0, 0.1) is 5.41 Å². The van der Waals surface area contributed by atoms with Crippen LogP contribution in [0.1, 0.15) is 31.9 Å². The molecule has 0 fully saturated rings. The molecule has 0 aliphatic carbocycles. The largest absolute Gasteiger partial charge is 0.330 e. The van der Waals surface area contributed by atoms with Crippen molar-refractivity contribution in [1.82, 2.24) is 4.90 Å². The molecule has 0 saturated heterocycles. The highest BCUT2D eigenvalue weighted by molar-refractivity contribution is 5.22. The van der Waals surface area contributed by atoms with Gasteiger partial charge in [0.25, 0.3) is 0 Å². The van der Waals surface area contributed by atoms with E-state index < -0.39 is 0 Å². The predicted octanol–water partition coefficient (Wildman–Crippen LogP) is 2.67. The zero-order valence-corrected chi connectivity index (χ0v) is 11.7. The Kier molecular flexibility index (Phi) is 5.16. The average molecular weight is 234 g/mol. The fourth-order valence-electron chi connectivity index (χ4n) is 2.16. The highest BCUT2D eigenvalue weighted by Gasteiger charge is 2.13. The molecule has 2 N–H and O–H groups in total. The molecule has 0 radical (unpaired) electrons. The van der Waals surface area contributed by atoms with Gasteiger partial charge in [-0.25, -0.2) is 0 Å². The third-order valence-electron chi connectivity index (χ3n) is 2.65. The number of nitrogens with two attached hydrogens (primary N) is 1. The van der Waals surface area contributed by atoms with Crippen LogP contribution in [0.4, 0.5) is 0 Å². The van der Waals surface area contributed by atoms with Crippen LogP contribution in [-0.2, 0) is 13.0 Å². The SMILES string of the molecule is CN(Cc1ccc(CCN)cc1)CC(C)(C)C. The summed E-state index contributed by atoms with van der Waals surface area (Å²) in [6, 6.07) is 8.80. The van der Waals surface area contributed by atoms with Gasteiger partial charge in [0.2, 0.25) is 0 Å². The van der Waals surface area contributed by atoms with Crippen molar-refractivity contribution in [2.24, 2.45) is 11.1 Å². The second-order valence-electron chi connectivity index (χ2n) is 6.09. The molecular weight excluding hydrogens is 208 g/mol. The van der Waals surface area contributed by atoms with Gasteiger partial charge in [0, 0.05) is 13.1 Å². The fraction of sp³-hybridized carbons (Fsp3) is 0.600. The van der Waals surface area contributed by atoms with Crippen LogP contribution in [0.3, 0.4) is 0 Å². The summed E-state index contributed by atoms with van der Waals surface area (Å²) < 4.78 is 0. The maximum absolute atomic E-state index is 5.54. The van der Waals surface area contributed by atoms with Gasteiger partial charge in [0.15, 0.2) is 0 Å². The summed E-state index contributed by atoms with van der Waals surface area (Å²) in [6.07, 6.45) is 0.970. The molecule has 2 heteroatoms. The highest BCUT2D eigenvalue weighted by Crippen LogP contribution is 2.16. The van der Waals surface area contributed by atoms with Crippen LogP contribution < -0.4 is 5.73 Å². The van der Waals surface area contributed by atoms with Crippen molar-refractivity contribution in [3.8, 4) is 0 Å². The molecule has 96 valence electrons. The van der Waals surface area contributed by atoms with Gasteiger partial charge in [0.05, 0.1) is 0 Å². The van der Waals surface area contributed by atoms with E-state index in [-0.39, 0.29) is 0 Å². The predicted molar refractivity (Wildman–Crippen MR) is 75.0 cm³/mol. The van der Waals surface area contributed by atoms with E-state index in [0.29, 0.717) is 5.41 Å². The van der Waals surface area contributed by atoms with Crippen LogP contribution in [0.15, 0.2) is 24.3 Å². The monoisotopic (exact) mass is 234 g/mol. The molecule has 17 heavy (non-hydrogen) atoms. The van der Waals surface area contributed by atoms with E-state index in [4.69, 9.17) is 5.73 Å². The van der Waals surface area contributed by atoms with Crippen LogP contribution in [-0.4, -0.2) is 25.0 Å². The summed E-state index contributed by atoms with van der Waals surface area (Å²) in [5.41, 5.74) is 8.60. The van der Waals surface area contributed by atoms with Gasteiger partial charge < -0.3 is 10.6 Å². The Hall–Kier alpha value is -0.860. The quantitative estimate of drug-likeness (QED) is 0.848. The second-order valence-corrected chi connectivity index (χ2v) is 6.09. The zero-order chi connectivity index (χ0) is 12.9. The fourth-order valence-corrected chi connectivity index (χ4v) is 2.16. The van der Waals surface area contributed by atoms with E-state index in [1.807, 2.05) is 0 Å². The number of rotatable bonds is 5. The van der Waals surface area contributed by atoms with Crippen molar-refractivity contribution in [3.05, 3.63) is 35.4 Å². The maximum atomic E-state index is 5.54. The van der Waals surface area contributed by atoms with Crippen LogP contribution in [0.25, 0.3) is 0 Å². The Morgan fingerprint density at radius 3 is 2.06 bits per heavy atom. The molecule has 1 aromatic carbocycles. The van der Waals surface area contributed by atoms with Gasteiger partial charge in [-0.1, -0.05) is 45.0 Å². The summed E-state index contributed by atoms with van der Waals surface area (Å²) >= 11 is 0. The molecule has 0 unspecified atom stereocenters. The molecule has 1 rings (SSSR count). The topological polar surface area (TPSA) is 29.3 Å². The molecule has 0 bridgehead atoms. The van der Waals surface area contributed by atoms with Gasteiger partial charge in [-0.05, 0) is 36.6 Å². The van der Waals surface area contributed by atoms with Gasteiger partial charge in [-0.3, -0.25) is 0 Å². The van der Waals surface area contributed by atoms with Crippen LogP contribution in [0.2, 0.25) is 0 Å². The Labute approximate surface area is 106 Å². The van der Waals surface area contributed by atoms with Crippen molar-refractivity contribution in [2.75, 3.05) is 20.1 Å². The lowest BCUT2D eigenvalue weighted by atomic mass is 9.96. The first kappa shape index (κ1) is 14.2. The lowest BCUT2D eigenvalue weighted by molar-refractivity contribution is 0.221. The standard InChI is InChI=1S/C15H26N2/c1-15(2,3)12-17(4)11-14-7-5-13(6-8-14)9-10-16/h5-8H,9-12,16H2,1-4H3. The molecule has 0 amide bonds. The van der Waals surface area contributed by atoms with Crippen molar-refractivity contribution >= 4 is 0 Å². The first-order valence-electron chi connectivity index (χ1n) is 6.37. The summed E-state index contributed by atoms with van der Waals surface area (Å²) in [5.74, 6) is 0. The van der Waals surface area contributed by atoms with Gasteiger partial charge in [-0.15, -0.1) is 0 Å². The van der Waals surface area contributed by atoms with Gasteiger partial charge >= 0.3 is 0 Å². The average Bonchev–Trinajstić information content (AvgIpc) is 2.18. The van der Waals surface area contributed by atoms with Crippen molar-refractivity contribution in [3.63, 3.8) is 0 Å². The zero-order valence-electron chi connectivity index (χ0n) is 11.7. The maximum Gasteiger partial charge on any atom is 0.0230 e. The summed E-state index contributed by atoms with van der Waals surface area (Å²) in [6.45, 7) is 9.66. The van der Waals surface area contributed by atoms with Crippen molar-refractivity contribution in [2.45, 2.75) is 33.7 Å². The lowest BCUT2D eigenvalue weighted by Gasteiger charge is -2.26. The molecule has 0 atom stereocenters. The highest BCUT2D eigenvalue weighted by atomic mass is 15.1. The van der Waals surface area contributed by atoms with Gasteiger partial charge in [0.1, 0.15) is 0 Å². The first-order valence-corrected chi connectivity index (χ1v) is 6.37. The lowest BCUT2D eigenvalue weighted by Crippen LogP contribution is -2.28. The molecule has 0 aliphatic rings. The molecule has 2 nitrogen and oxygen atoms in total. The molecule has 1 aromatic rings. The third-order valence-corrected chi connectivity index (χ3v) is 2.65. The number of hydrogen-bond donors (Lipinski definition) is 1. The first-order chi connectivity index (χ1) is 7.90. The Morgan fingerprint density at radius 2 is 1.59 bits per heavy atom. The van der Waals surface area contributed by atoms with Crippen molar-refractivity contribution in [1.29, 1.82) is 0 Å². The minimum absolute atomic E-state index is 0.355. The Morgan fingerprint density at radius 1 is 1.06 bits per heavy atom. The number of nitrogens with zero attached hydrogens (tertiary/aromatic N) is 1. The Bertz CT molecular complexity index is 322. The summed E-state index contributed by atoms with van der Waals surface area (Å²) in [4.78, 5) is 2.37. The smallest absolute Gasteiger partial charge is 0.0230 e. The normalized spacial score (nSPS) is 12.1. The number of benzene rings is 1. The molecular formula is C15H26N2. The Balaban J connectivity index is 2.51. The van der Waals surface area contributed by atoms with Crippen LogP contribution in [0.5, 0.6) is 0 Å². The van der Waals surface area contributed by atoms with E-state index in [1.165, 1.54) is 11.1 Å². The van der Waals surface area contributed by atoms with E-state index in [2.05, 4.69) is 57.0 Å². The second kappa shape index (κ2) is 6.18. The summed E-state index contributed by atoms with van der Waals surface area (Å²) in [7, 11) is 2.18. The minimum atomic E-state index is 0.355. The third kappa shape index (κ3) is 5.85. The molecule has 0 aliphatic heterocycles. The van der Waals surface area contributed by atoms with E-state index in [0.717, 1.165) is 26.1 Å². The van der Waals surface area contributed by atoms with Gasteiger partial charge in [-0.2, -0.15) is 0 Å². The van der Waals surface area contributed by atoms with E-state index in [9.17, 15) is 0 Å². The molecule has 0 aromatic heterocycles. The molecule has 0 heterocycles. The summed E-state index contributed by atoms with van der Waals surface area (Å²) in [5, 5.41) is 0. The molecule has 0 spiro atoms. The van der Waals surface area contributed by atoms with E-state index >= 15 is 0 Å². The number of hydrogen-bond acceptors (Lipinski definition) is 2.